The summed E-state index contributed by atoms with van der Waals surface area (Å²) in [4.78, 5) is 0. The molecule has 0 aromatic heterocycles. The van der Waals surface area contributed by atoms with Crippen LogP contribution in [0.25, 0.3) is 0 Å². The normalized spacial score (nSPS) is 33.2. The lowest BCUT2D eigenvalue weighted by atomic mass is 9.74. The van der Waals surface area contributed by atoms with Gasteiger partial charge in [-0.25, -0.2) is 8.78 Å². The third kappa shape index (κ3) is 5.26. The number of benzene rings is 1. The standard InChI is InChI=1S/C28H38F2O3/c1-4-6-19-16-32-27(33-17-19)24-14-15-28(3,26(30)25(24)29)22-11-8-20(9-12-22)21-10-13-23(7-5-2)31-18-21/h8-9,11-12,14,19,21,23,27H,4-7,10,13,15-18H2,1-3H3. The molecule has 2 aliphatic heterocycles. The van der Waals surface area contributed by atoms with Crippen LogP contribution in [-0.2, 0) is 19.6 Å². The first-order valence-electron chi connectivity index (χ1n) is 12.7. The highest BCUT2D eigenvalue weighted by atomic mass is 19.2. The Morgan fingerprint density at radius 1 is 0.909 bits per heavy atom. The predicted octanol–water partition coefficient (Wildman–Crippen LogP) is 7.28. The van der Waals surface area contributed by atoms with Crippen LogP contribution >= 0.6 is 0 Å². The molecule has 0 saturated carbocycles. The average Bonchev–Trinajstić information content (AvgIpc) is 2.84. The molecule has 0 radical (unpaired) electrons. The highest BCUT2D eigenvalue weighted by molar-refractivity contribution is 5.45. The maximum Gasteiger partial charge on any atom is 0.186 e. The van der Waals surface area contributed by atoms with Gasteiger partial charge in [0.1, 0.15) is 5.83 Å². The van der Waals surface area contributed by atoms with E-state index in [4.69, 9.17) is 14.2 Å². The minimum absolute atomic E-state index is 0.192. The molecule has 0 amide bonds. The Kier molecular flexibility index (Phi) is 8.03. The maximum absolute atomic E-state index is 15.4. The third-order valence-electron chi connectivity index (χ3n) is 7.58. The summed E-state index contributed by atoms with van der Waals surface area (Å²) in [5.41, 5.74) is 1.15. The highest BCUT2D eigenvalue weighted by Crippen LogP contribution is 2.45. The first-order chi connectivity index (χ1) is 16.0. The molecule has 33 heavy (non-hydrogen) atoms. The van der Waals surface area contributed by atoms with Crippen molar-refractivity contribution in [3.63, 3.8) is 0 Å². The van der Waals surface area contributed by atoms with Crippen LogP contribution in [0.5, 0.6) is 0 Å². The Morgan fingerprint density at radius 2 is 1.61 bits per heavy atom. The summed E-state index contributed by atoms with van der Waals surface area (Å²) in [5, 5.41) is 0. The second kappa shape index (κ2) is 10.8. The Labute approximate surface area is 197 Å². The van der Waals surface area contributed by atoms with Crippen LogP contribution in [0.4, 0.5) is 8.78 Å². The SMILES string of the molecule is CCCC1COC(C2=CCC(C)(c3ccc(C4CCC(CCC)OC4)cc3)C(F)=C2F)OC1. The fourth-order valence-electron chi connectivity index (χ4n) is 5.35. The average molecular weight is 461 g/mol. The highest BCUT2D eigenvalue weighted by Gasteiger charge is 2.41. The second-order valence-electron chi connectivity index (χ2n) is 10.1. The van der Waals surface area contributed by atoms with E-state index in [1.54, 1.807) is 13.0 Å². The summed E-state index contributed by atoms with van der Waals surface area (Å²) in [6.45, 7) is 7.85. The van der Waals surface area contributed by atoms with Crippen LogP contribution in [0.1, 0.15) is 82.8 Å². The van der Waals surface area contributed by atoms with Gasteiger partial charge >= 0.3 is 0 Å². The van der Waals surface area contributed by atoms with Gasteiger partial charge in [-0.2, -0.15) is 0 Å². The van der Waals surface area contributed by atoms with Crippen molar-refractivity contribution in [3.05, 3.63) is 58.7 Å². The largest absolute Gasteiger partial charge is 0.378 e. The van der Waals surface area contributed by atoms with Gasteiger partial charge in [0.2, 0.25) is 0 Å². The molecule has 3 nitrogen and oxygen atoms in total. The first-order valence-corrected chi connectivity index (χ1v) is 12.7. The van der Waals surface area contributed by atoms with Gasteiger partial charge in [0, 0.05) is 17.4 Å². The van der Waals surface area contributed by atoms with E-state index < -0.39 is 23.4 Å². The van der Waals surface area contributed by atoms with E-state index in [1.807, 2.05) is 12.1 Å². The molecule has 0 bridgehead atoms. The number of halogens is 2. The summed E-state index contributed by atoms with van der Waals surface area (Å²) < 4.78 is 48.1. The van der Waals surface area contributed by atoms with Crippen molar-refractivity contribution in [1.82, 2.24) is 0 Å². The van der Waals surface area contributed by atoms with Crippen molar-refractivity contribution in [2.24, 2.45) is 5.92 Å². The molecule has 4 rings (SSSR count). The van der Waals surface area contributed by atoms with Crippen LogP contribution in [0.15, 0.2) is 47.6 Å². The Hall–Kier alpha value is -1.56. The van der Waals surface area contributed by atoms with Crippen LogP contribution in [0.3, 0.4) is 0 Å². The predicted molar refractivity (Wildman–Crippen MR) is 126 cm³/mol. The second-order valence-corrected chi connectivity index (χ2v) is 10.1. The Morgan fingerprint density at radius 3 is 2.21 bits per heavy atom. The third-order valence-corrected chi connectivity index (χ3v) is 7.58. The molecule has 3 aliphatic rings. The molecular formula is C28H38F2O3. The molecule has 182 valence electrons. The zero-order valence-corrected chi connectivity index (χ0v) is 20.2. The summed E-state index contributed by atoms with van der Waals surface area (Å²) in [6.07, 6.45) is 8.20. The number of hydrogen-bond donors (Lipinski definition) is 0. The van der Waals surface area contributed by atoms with E-state index in [9.17, 15) is 0 Å². The maximum atomic E-state index is 15.4. The fraction of sp³-hybridized carbons (Fsp3) is 0.643. The topological polar surface area (TPSA) is 27.7 Å². The van der Waals surface area contributed by atoms with Crippen LogP contribution < -0.4 is 0 Å². The number of allylic oxidation sites excluding steroid dienone is 2. The minimum Gasteiger partial charge on any atom is -0.378 e. The molecule has 1 aromatic rings. The number of hydrogen-bond acceptors (Lipinski definition) is 3. The summed E-state index contributed by atoms with van der Waals surface area (Å²) >= 11 is 0. The molecule has 3 unspecified atom stereocenters. The smallest absolute Gasteiger partial charge is 0.186 e. The van der Waals surface area contributed by atoms with E-state index >= 15 is 8.78 Å². The van der Waals surface area contributed by atoms with E-state index in [1.165, 1.54) is 5.56 Å². The van der Waals surface area contributed by atoms with E-state index in [-0.39, 0.29) is 5.57 Å². The quantitative estimate of drug-likeness (QED) is 0.428. The van der Waals surface area contributed by atoms with Gasteiger partial charge in [-0.05, 0) is 50.2 Å². The first kappa shape index (κ1) is 24.6. The van der Waals surface area contributed by atoms with Crippen molar-refractivity contribution in [2.45, 2.75) is 89.4 Å². The Bertz CT molecular complexity index is 846. The van der Waals surface area contributed by atoms with Crippen molar-refractivity contribution >= 4 is 0 Å². The molecule has 0 N–H and O–H groups in total. The van der Waals surface area contributed by atoms with Crippen LogP contribution in [-0.4, -0.2) is 32.2 Å². The summed E-state index contributed by atoms with van der Waals surface area (Å²) in [5.74, 6) is -0.885. The lowest BCUT2D eigenvalue weighted by Gasteiger charge is -2.35. The van der Waals surface area contributed by atoms with Crippen molar-refractivity contribution in [2.75, 3.05) is 19.8 Å². The lowest BCUT2D eigenvalue weighted by molar-refractivity contribution is -0.181. The van der Waals surface area contributed by atoms with E-state index in [0.717, 1.165) is 50.7 Å². The summed E-state index contributed by atoms with van der Waals surface area (Å²) in [7, 11) is 0. The molecule has 2 saturated heterocycles. The minimum atomic E-state index is -1.03. The monoisotopic (exact) mass is 460 g/mol. The van der Waals surface area contributed by atoms with Crippen molar-refractivity contribution in [1.29, 1.82) is 0 Å². The van der Waals surface area contributed by atoms with Gasteiger partial charge in [0.25, 0.3) is 0 Å². The molecule has 2 fully saturated rings. The summed E-state index contributed by atoms with van der Waals surface area (Å²) in [6, 6.07) is 8.00. The zero-order chi connectivity index (χ0) is 23.4. The molecule has 1 aromatic carbocycles. The van der Waals surface area contributed by atoms with Gasteiger partial charge in [-0.15, -0.1) is 0 Å². The Balaban J connectivity index is 1.42. The molecule has 3 atom stereocenters. The molecule has 0 spiro atoms. The fourth-order valence-corrected chi connectivity index (χ4v) is 5.35. The number of rotatable bonds is 7. The van der Waals surface area contributed by atoms with Gasteiger partial charge in [-0.3, -0.25) is 0 Å². The van der Waals surface area contributed by atoms with Gasteiger partial charge in [0.15, 0.2) is 12.1 Å². The zero-order valence-electron chi connectivity index (χ0n) is 20.2. The lowest BCUT2D eigenvalue weighted by Crippen LogP contribution is -2.35. The van der Waals surface area contributed by atoms with Crippen LogP contribution in [0, 0.1) is 5.92 Å². The van der Waals surface area contributed by atoms with Crippen molar-refractivity contribution < 1.29 is 23.0 Å². The van der Waals surface area contributed by atoms with Gasteiger partial charge in [0.05, 0.1) is 31.3 Å². The van der Waals surface area contributed by atoms with Gasteiger partial charge < -0.3 is 14.2 Å². The molecule has 1 aliphatic carbocycles. The van der Waals surface area contributed by atoms with E-state index in [0.29, 0.717) is 37.6 Å². The van der Waals surface area contributed by atoms with Crippen molar-refractivity contribution in [3.8, 4) is 0 Å². The molecule has 2 heterocycles. The molecular weight excluding hydrogens is 422 g/mol. The molecule has 5 heteroatoms. The number of ether oxygens (including phenoxy) is 3. The van der Waals surface area contributed by atoms with Crippen LogP contribution in [0.2, 0.25) is 0 Å². The van der Waals surface area contributed by atoms with E-state index in [2.05, 4.69) is 26.0 Å². The van der Waals surface area contributed by atoms with Gasteiger partial charge in [-0.1, -0.05) is 57.0 Å².